The van der Waals surface area contributed by atoms with Gasteiger partial charge in [0.25, 0.3) is 10.0 Å². The molecular weight excluding hydrogens is 424 g/mol. The van der Waals surface area contributed by atoms with Crippen molar-refractivity contribution in [1.29, 1.82) is 0 Å². The molecule has 1 aliphatic carbocycles. The SMILES string of the molecule is CCOc1ccc(S(=O)(=O)/N=C2/C=C(Sc3ncn[nH]3)C(=O)c3ccccc32)cc1. The molecule has 152 valence electrons. The molecule has 0 saturated carbocycles. The van der Waals surface area contributed by atoms with Gasteiger partial charge in [-0.15, -0.1) is 0 Å². The van der Waals surface area contributed by atoms with Gasteiger partial charge < -0.3 is 4.74 Å². The standard InChI is InChI=1S/C20H16N4O4S2/c1-2-28-13-7-9-14(10-8-13)30(26,27)24-17-11-18(29-20-21-12-22-23-20)19(25)16-6-4-3-5-15(16)17/h3-12H,2H2,1H3,(H,21,22,23)/b24-17-. The molecule has 1 aliphatic rings. The number of nitrogens with one attached hydrogen (secondary N) is 1. The summed E-state index contributed by atoms with van der Waals surface area (Å²) >= 11 is 1.07. The van der Waals surface area contributed by atoms with Crippen LogP contribution in [-0.2, 0) is 10.0 Å². The third-order valence-electron chi connectivity index (χ3n) is 4.19. The van der Waals surface area contributed by atoms with Crippen molar-refractivity contribution in [2.45, 2.75) is 17.0 Å². The number of fused-ring (bicyclic) bond motifs is 1. The summed E-state index contributed by atoms with van der Waals surface area (Å²) in [5.74, 6) is 0.341. The van der Waals surface area contributed by atoms with Gasteiger partial charge in [0.2, 0.25) is 5.78 Å². The van der Waals surface area contributed by atoms with Gasteiger partial charge in [-0.05, 0) is 49.0 Å². The molecule has 10 heteroatoms. The molecule has 1 aromatic heterocycles. The van der Waals surface area contributed by atoms with Crippen molar-refractivity contribution in [2.24, 2.45) is 4.40 Å². The fourth-order valence-electron chi connectivity index (χ4n) is 2.86. The minimum absolute atomic E-state index is 0.0330. The number of carbonyl (C=O) groups is 1. The lowest BCUT2D eigenvalue weighted by atomic mass is 9.94. The number of ketones is 1. The highest BCUT2D eigenvalue weighted by Crippen LogP contribution is 2.32. The fourth-order valence-corrected chi connectivity index (χ4v) is 4.64. The molecule has 30 heavy (non-hydrogen) atoms. The monoisotopic (exact) mass is 440 g/mol. The quantitative estimate of drug-likeness (QED) is 0.626. The highest BCUT2D eigenvalue weighted by molar-refractivity contribution is 8.04. The van der Waals surface area contributed by atoms with Crippen LogP contribution in [0.5, 0.6) is 5.75 Å². The largest absolute Gasteiger partial charge is 0.494 e. The van der Waals surface area contributed by atoms with Crippen LogP contribution in [0.1, 0.15) is 22.8 Å². The second-order valence-electron chi connectivity index (χ2n) is 6.13. The van der Waals surface area contributed by atoms with Gasteiger partial charge in [0.1, 0.15) is 12.1 Å². The topological polar surface area (TPSA) is 114 Å². The van der Waals surface area contributed by atoms with Gasteiger partial charge in [0.15, 0.2) is 5.16 Å². The highest BCUT2D eigenvalue weighted by Gasteiger charge is 2.27. The number of ether oxygens (including phenoxy) is 1. The Kier molecular flexibility index (Phi) is 5.51. The Morgan fingerprint density at radius 1 is 1.10 bits per heavy atom. The Balaban J connectivity index is 1.76. The number of hydrogen-bond acceptors (Lipinski definition) is 7. The van der Waals surface area contributed by atoms with E-state index in [0.29, 0.717) is 33.5 Å². The van der Waals surface area contributed by atoms with E-state index in [9.17, 15) is 13.2 Å². The van der Waals surface area contributed by atoms with Crippen molar-refractivity contribution in [3.05, 3.63) is 77.0 Å². The van der Waals surface area contributed by atoms with Gasteiger partial charge in [-0.3, -0.25) is 9.89 Å². The van der Waals surface area contributed by atoms with E-state index >= 15 is 0 Å². The lowest BCUT2D eigenvalue weighted by Crippen LogP contribution is -2.17. The summed E-state index contributed by atoms with van der Waals surface area (Å²) in [4.78, 5) is 17.2. The number of nitrogens with zero attached hydrogens (tertiary/aromatic N) is 3. The molecule has 0 spiro atoms. The van der Waals surface area contributed by atoms with Gasteiger partial charge >= 0.3 is 0 Å². The maximum absolute atomic E-state index is 12.9. The molecule has 0 saturated heterocycles. The Morgan fingerprint density at radius 3 is 2.50 bits per heavy atom. The third kappa shape index (κ3) is 4.05. The fraction of sp³-hybridized carbons (Fsp3) is 0.100. The zero-order valence-corrected chi connectivity index (χ0v) is 17.4. The maximum atomic E-state index is 12.9. The zero-order chi connectivity index (χ0) is 21.1. The van der Waals surface area contributed by atoms with E-state index in [-0.39, 0.29) is 16.4 Å². The molecule has 4 rings (SSSR count). The Morgan fingerprint density at radius 2 is 1.83 bits per heavy atom. The van der Waals surface area contributed by atoms with E-state index in [1.54, 1.807) is 36.4 Å². The minimum atomic E-state index is -4.01. The van der Waals surface area contributed by atoms with Crippen molar-refractivity contribution in [3.8, 4) is 5.75 Å². The third-order valence-corrected chi connectivity index (χ3v) is 6.41. The number of benzene rings is 2. The number of aromatic amines is 1. The van der Waals surface area contributed by atoms with Crippen molar-refractivity contribution in [2.75, 3.05) is 6.61 Å². The van der Waals surface area contributed by atoms with Crippen LogP contribution in [0.25, 0.3) is 0 Å². The van der Waals surface area contributed by atoms with Gasteiger partial charge in [-0.1, -0.05) is 24.3 Å². The first kappa shape index (κ1) is 20.0. The molecule has 0 radical (unpaired) electrons. The van der Waals surface area contributed by atoms with E-state index in [1.165, 1.54) is 24.5 Å². The predicted molar refractivity (Wildman–Crippen MR) is 112 cm³/mol. The van der Waals surface area contributed by atoms with Gasteiger partial charge in [-0.2, -0.15) is 17.9 Å². The van der Waals surface area contributed by atoms with E-state index < -0.39 is 10.0 Å². The Bertz CT molecular complexity index is 1250. The van der Waals surface area contributed by atoms with Crippen LogP contribution < -0.4 is 4.74 Å². The van der Waals surface area contributed by atoms with Crippen molar-refractivity contribution < 1.29 is 17.9 Å². The van der Waals surface area contributed by atoms with Gasteiger partial charge in [-0.25, -0.2) is 4.98 Å². The number of rotatable bonds is 6. The lowest BCUT2D eigenvalue weighted by molar-refractivity contribution is 0.104. The highest BCUT2D eigenvalue weighted by atomic mass is 32.2. The average Bonchev–Trinajstić information content (AvgIpc) is 3.25. The van der Waals surface area contributed by atoms with Crippen LogP contribution in [0, 0.1) is 0 Å². The maximum Gasteiger partial charge on any atom is 0.282 e. The lowest BCUT2D eigenvalue weighted by Gasteiger charge is -2.16. The molecule has 2 aromatic carbocycles. The number of carbonyl (C=O) groups excluding carboxylic acids is 1. The summed E-state index contributed by atoms with van der Waals surface area (Å²) in [6.45, 7) is 2.33. The molecule has 0 aliphatic heterocycles. The number of allylic oxidation sites excluding steroid dienone is 2. The van der Waals surface area contributed by atoms with E-state index in [0.717, 1.165) is 11.8 Å². The number of thioether (sulfide) groups is 1. The molecule has 1 N–H and O–H groups in total. The summed E-state index contributed by atoms with van der Waals surface area (Å²) in [5, 5.41) is 6.86. The molecule has 3 aromatic rings. The number of H-pyrrole nitrogens is 1. The van der Waals surface area contributed by atoms with Gasteiger partial charge in [0.05, 0.1) is 22.1 Å². The second kappa shape index (κ2) is 8.25. The molecule has 0 unspecified atom stereocenters. The number of hydrogen-bond donors (Lipinski definition) is 1. The molecule has 1 heterocycles. The van der Waals surface area contributed by atoms with Crippen LogP contribution in [0.4, 0.5) is 0 Å². The van der Waals surface area contributed by atoms with Crippen molar-refractivity contribution >= 4 is 33.3 Å². The molecule has 0 atom stereocenters. The predicted octanol–water partition coefficient (Wildman–Crippen LogP) is 3.25. The molecular formula is C20H16N4O4S2. The van der Waals surface area contributed by atoms with Crippen LogP contribution in [0.15, 0.2) is 80.3 Å². The van der Waals surface area contributed by atoms with Gasteiger partial charge in [0, 0.05) is 11.1 Å². The van der Waals surface area contributed by atoms with Crippen molar-refractivity contribution in [1.82, 2.24) is 15.2 Å². The normalized spacial score (nSPS) is 15.0. The van der Waals surface area contributed by atoms with Crippen LogP contribution in [0.2, 0.25) is 0 Å². The molecule has 0 bridgehead atoms. The summed E-state index contributed by atoms with van der Waals surface area (Å²) in [6, 6.07) is 12.8. The smallest absolute Gasteiger partial charge is 0.282 e. The first-order valence-corrected chi connectivity index (χ1v) is 11.2. The minimum Gasteiger partial charge on any atom is -0.494 e. The first-order valence-electron chi connectivity index (χ1n) is 8.95. The molecule has 0 amide bonds. The van der Waals surface area contributed by atoms with Crippen molar-refractivity contribution in [3.63, 3.8) is 0 Å². The summed E-state index contributed by atoms with van der Waals surface area (Å²) < 4.78 is 35.2. The second-order valence-corrected chi connectivity index (χ2v) is 8.77. The average molecular weight is 441 g/mol. The van der Waals surface area contributed by atoms with E-state index in [4.69, 9.17) is 4.74 Å². The zero-order valence-electron chi connectivity index (χ0n) is 15.8. The number of sulfonamides is 1. The van der Waals surface area contributed by atoms with E-state index in [2.05, 4.69) is 19.6 Å². The van der Waals surface area contributed by atoms with Crippen LogP contribution in [0.3, 0.4) is 0 Å². The Hall–Kier alpha value is -3.24. The number of aromatic nitrogens is 3. The molecule has 8 nitrogen and oxygen atoms in total. The van der Waals surface area contributed by atoms with Crippen LogP contribution in [-0.4, -0.2) is 41.7 Å². The number of Topliss-reactive ketones (excluding diaryl/α,β-unsaturated/α-hetero) is 1. The van der Waals surface area contributed by atoms with Crippen LogP contribution >= 0.6 is 11.8 Å². The summed E-state index contributed by atoms with van der Waals surface area (Å²) in [6.07, 6.45) is 2.79. The summed E-state index contributed by atoms with van der Waals surface area (Å²) in [5.41, 5.74) is 1.02. The summed E-state index contributed by atoms with van der Waals surface area (Å²) in [7, 11) is -4.01. The molecule has 0 fully saturated rings. The first-order chi connectivity index (χ1) is 14.5. The Labute approximate surface area is 177 Å². The van der Waals surface area contributed by atoms with E-state index in [1.807, 2.05) is 6.92 Å².